The molecule has 2 aromatic rings. The zero-order valence-corrected chi connectivity index (χ0v) is 14.1. The van der Waals surface area contributed by atoms with E-state index in [-0.39, 0.29) is 27.9 Å². The Labute approximate surface area is 147 Å². The second-order valence-electron chi connectivity index (χ2n) is 5.50. The summed E-state index contributed by atoms with van der Waals surface area (Å²) in [6, 6.07) is 7.50. The Bertz CT molecular complexity index is 814. The lowest BCUT2D eigenvalue weighted by molar-refractivity contribution is -0.286. The molecule has 0 radical (unpaired) electrons. The number of nitrogens with zero attached hydrogens (tertiary/aromatic N) is 1. The number of carbonyl (C=O) groups excluding carboxylic acids is 1. The first-order valence-electron chi connectivity index (χ1n) is 7.75. The van der Waals surface area contributed by atoms with Crippen molar-refractivity contribution in [1.29, 1.82) is 0 Å². The third-order valence-electron chi connectivity index (χ3n) is 3.61. The SMILES string of the molecule is CCCCc1ccc(C(=O)Nc2cccc3c2OC(F)(F)O3)c(Cl)n1. The van der Waals surface area contributed by atoms with Crippen LogP contribution in [0.1, 0.15) is 35.8 Å². The molecule has 3 rings (SSSR count). The number of unbranched alkanes of at least 4 members (excludes halogenated alkanes) is 1. The summed E-state index contributed by atoms with van der Waals surface area (Å²) in [7, 11) is 0. The van der Waals surface area contributed by atoms with Crippen molar-refractivity contribution in [3.05, 3.63) is 46.7 Å². The first kappa shape index (κ1) is 17.4. The summed E-state index contributed by atoms with van der Waals surface area (Å²) < 4.78 is 35.2. The van der Waals surface area contributed by atoms with Gasteiger partial charge in [0.05, 0.1) is 11.3 Å². The van der Waals surface area contributed by atoms with E-state index in [9.17, 15) is 13.6 Å². The number of para-hydroxylation sites is 1. The number of hydrogen-bond acceptors (Lipinski definition) is 4. The van der Waals surface area contributed by atoms with E-state index in [2.05, 4.69) is 26.7 Å². The first-order valence-corrected chi connectivity index (χ1v) is 8.13. The van der Waals surface area contributed by atoms with Crippen LogP contribution >= 0.6 is 11.6 Å². The predicted octanol–water partition coefficient (Wildman–Crippen LogP) is 4.65. The summed E-state index contributed by atoms with van der Waals surface area (Å²) in [6.07, 6.45) is -1.00. The lowest BCUT2D eigenvalue weighted by Gasteiger charge is -2.10. The predicted molar refractivity (Wildman–Crippen MR) is 88.5 cm³/mol. The number of aromatic nitrogens is 1. The maximum atomic E-state index is 13.2. The Morgan fingerprint density at radius 1 is 1.28 bits per heavy atom. The van der Waals surface area contributed by atoms with Crippen molar-refractivity contribution in [2.45, 2.75) is 32.5 Å². The van der Waals surface area contributed by atoms with Crippen LogP contribution in [0.5, 0.6) is 11.5 Å². The molecule has 5 nitrogen and oxygen atoms in total. The molecule has 132 valence electrons. The van der Waals surface area contributed by atoms with E-state index < -0.39 is 12.2 Å². The second kappa shape index (κ2) is 6.84. The van der Waals surface area contributed by atoms with Gasteiger partial charge in [-0.2, -0.15) is 0 Å². The molecule has 1 aromatic carbocycles. The number of pyridine rings is 1. The van der Waals surface area contributed by atoms with Crippen molar-refractivity contribution < 1.29 is 23.0 Å². The fourth-order valence-corrected chi connectivity index (χ4v) is 2.65. The smallest absolute Gasteiger partial charge is 0.395 e. The van der Waals surface area contributed by atoms with Crippen LogP contribution < -0.4 is 14.8 Å². The topological polar surface area (TPSA) is 60.5 Å². The van der Waals surface area contributed by atoms with E-state index in [1.54, 1.807) is 12.1 Å². The average molecular weight is 369 g/mol. The van der Waals surface area contributed by atoms with E-state index in [1.807, 2.05) is 0 Å². The van der Waals surface area contributed by atoms with Crippen molar-refractivity contribution in [2.75, 3.05) is 5.32 Å². The number of rotatable bonds is 5. The molecule has 0 spiro atoms. The van der Waals surface area contributed by atoms with Gasteiger partial charge < -0.3 is 14.8 Å². The molecule has 0 atom stereocenters. The first-order chi connectivity index (χ1) is 11.9. The number of anilines is 1. The number of benzene rings is 1. The molecular weight excluding hydrogens is 354 g/mol. The number of aryl methyl sites for hydroxylation is 1. The quantitative estimate of drug-likeness (QED) is 0.780. The van der Waals surface area contributed by atoms with Gasteiger partial charge in [-0.3, -0.25) is 4.79 Å². The van der Waals surface area contributed by atoms with Crippen LogP contribution in [0.2, 0.25) is 5.15 Å². The van der Waals surface area contributed by atoms with Gasteiger partial charge in [0.25, 0.3) is 5.91 Å². The number of ether oxygens (including phenoxy) is 2. The molecule has 0 saturated carbocycles. The van der Waals surface area contributed by atoms with Gasteiger partial charge in [-0.1, -0.05) is 31.0 Å². The maximum Gasteiger partial charge on any atom is 0.586 e. The highest BCUT2D eigenvalue weighted by molar-refractivity contribution is 6.33. The number of hydrogen-bond donors (Lipinski definition) is 1. The summed E-state index contributed by atoms with van der Waals surface area (Å²) in [5, 5.41) is 2.55. The standard InChI is InChI=1S/C17H15ClF2N2O3/c1-2-3-5-10-8-9-11(15(18)21-10)16(23)22-12-6-4-7-13-14(12)25-17(19,20)24-13/h4,6-9H,2-3,5H2,1H3,(H,22,23). The summed E-state index contributed by atoms with van der Waals surface area (Å²) in [5.74, 6) is -0.960. The normalized spacial score (nSPS) is 14.4. The van der Waals surface area contributed by atoms with E-state index in [1.165, 1.54) is 18.2 Å². The number of alkyl halides is 2. The van der Waals surface area contributed by atoms with E-state index in [0.29, 0.717) is 0 Å². The molecule has 0 unspecified atom stereocenters. The Hall–Kier alpha value is -2.41. The Balaban J connectivity index is 1.79. The molecular formula is C17H15ClF2N2O3. The maximum absolute atomic E-state index is 13.2. The molecule has 25 heavy (non-hydrogen) atoms. The highest BCUT2D eigenvalue weighted by atomic mass is 35.5. The lowest BCUT2D eigenvalue weighted by atomic mass is 10.1. The summed E-state index contributed by atoms with van der Waals surface area (Å²) in [6.45, 7) is 2.07. The molecule has 1 amide bonds. The van der Waals surface area contributed by atoms with Gasteiger partial charge in [-0.25, -0.2) is 4.98 Å². The summed E-state index contributed by atoms with van der Waals surface area (Å²) in [5.41, 5.74) is 0.997. The van der Waals surface area contributed by atoms with Gasteiger partial charge in [-0.15, -0.1) is 8.78 Å². The van der Waals surface area contributed by atoms with Gasteiger partial charge in [-0.05, 0) is 37.1 Å². The number of nitrogens with one attached hydrogen (secondary N) is 1. The van der Waals surface area contributed by atoms with E-state index in [4.69, 9.17) is 11.6 Å². The molecule has 1 aliphatic heterocycles. The van der Waals surface area contributed by atoms with Crippen LogP contribution in [0.15, 0.2) is 30.3 Å². The van der Waals surface area contributed by atoms with Crippen LogP contribution in [-0.4, -0.2) is 17.2 Å². The van der Waals surface area contributed by atoms with Gasteiger partial charge in [0.15, 0.2) is 11.5 Å². The third kappa shape index (κ3) is 3.82. The third-order valence-corrected chi connectivity index (χ3v) is 3.90. The molecule has 8 heteroatoms. The molecule has 1 N–H and O–H groups in total. The molecule has 0 bridgehead atoms. The fourth-order valence-electron chi connectivity index (χ4n) is 2.40. The van der Waals surface area contributed by atoms with Crippen molar-refractivity contribution >= 4 is 23.2 Å². The van der Waals surface area contributed by atoms with Gasteiger partial charge >= 0.3 is 6.29 Å². The Kier molecular flexibility index (Phi) is 4.76. The number of halogens is 3. The zero-order chi connectivity index (χ0) is 18.0. The zero-order valence-electron chi connectivity index (χ0n) is 13.3. The Morgan fingerprint density at radius 2 is 2.08 bits per heavy atom. The number of carbonyl (C=O) groups is 1. The molecule has 1 aromatic heterocycles. The molecule has 0 fully saturated rings. The second-order valence-corrected chi connectivity index (χ2v) is 5.86. The van der Waals surface area contributed by atoms with E-state index in [0.717, 1.165) is 25.0 Å². The van der Waals surface area contributed by atoms with Crippen LogP contribution in [-0.2, 0) is 6.42 Å². The van der Waals surface area contributed by atoms with Crippen LogP contribution in [0.4, 0.5) is 14.5 Å². The molecule has 1 aliphatic rings. The van der Waals surface area contributed by atoms with Crippen molar-refractivity contribution in [1.82, 2.24) is 4.98 Å². The largest absolute Gasteiger partial charge is 0.586 e. The van der Waals surface area contributed by atoms with Crippen LogP contribution in [0, 0.1) is 0 Å². The summed E-state index contributed by atoms with van der Waals surface area (Å²) in [4.78, 5) is 16.6. The fraction of sp³-hybridized carbons (Fsp3) is 0.294. The van der Waals surface area contributed by atoms with E-state index >= 15 is 0 Å². The minimum Gasteiger partial charge on any atom is -0.395 e. The molecule has 0 saturated heterocycles. The van der Waals surface area contributed by atoms with Crippen molar-refractivity contribution in [3.8, 4) is 11.5 Å². The summed E-state index contributed by atoms with van der Waals surface area (Å²) >= 11 is 6.08. The lowest BCUT2D eigenvalue weighted by Crippen LogP contribution is -2.26. The molecule has 0 aliphatic carbocycles. The van der Waals surface area contributed by atoms with Crippen LogP contribution in [0.3, 0.4) is 0 Å². The van der Waals surface area contributed by atoms with Gasteiger partial charge in [0, 0.05) is 5.69 Å². The van der Waals surface area contributed by atoms with Crippen molar-refractivity contribution in [3.63, 3.8) is 0 Å². The number of fused-ring (bicyclic) bond motifs is 1. The Morgan fingerprint density at radius 3 is 2.80 bits per heavy atom. The highest BCUT2D eigenvalue weighted by Gasteiger charge is 2.44. The number of amides is 1. The highest BCUT2D eigenvalue weighted by Crippen LogP contribution is 2.45. The molecule has 2 heterocycles. The van der Waals surface area contributed by atoms with Crippen LogP contribution in [0.25, 0.3) is 0 Å². The minimum atomic E-state index is -3.76. The minimum absolute atomic E-state index is 0.0566. The van der Waals surface area contributed by atoms with Gasteiger partial charge in [0.2, 0.25) is 0 Å². The average Bonchev–Trinajstić information content (AvgIpc) is 2.88. The monoisotopic (exact) mass is 368 g/mol. The van der Waals surface area contributed by atoms with Gasteiger partial charge in [0.1, 0.15) is 5.15 Å². The van der Waals surface area contributed by atoms with Crippen molar-refractivity contribution in [2.24, 2.45) is 0 Å².